The normalized spacial score (nSPS) is 17.2. The molecule has 1 N–H and O–H groups in total. The number of hydrogen-bond donors (Lipinski definition) is 1. The van der Waals surface area contributed by atoms with Gasteiger partial charge in [0.05, 0.1) is 0 Å². The molecule has 0 atom stereocenters. The fraction of sp³-hybridized carbons (Fsp3) is 0.500. The molecule has 3 rings (SSSR count). The van der Waals surface area contributed by atoms with Crippen LogP contribution in [-0.2, 0) is 11.3 Å². The Kier molecular flexibility index (Phi) is 3.75. The summed E-state index contributed by atoms with van der Waals surface area (Å²) in [7, 11) is 0. The van der Waals surface area contributed by atoms with Crippen LogP contribution < -0.4 is 5.32 Å². The molecule has 1 aromatic carbocycles. The third-order valence-corrected chi connectivity index (χ3v) is 4.75. The molecule has 1 saturated carbocycles. The number of aromatic nitrogens is 1. The van der Waals surface area contributed by atoms with Crippen molar-refractivity contribution < 1.29 is 4.79 Å². The first-order chi connectivity index (χ1) is 10.1. The van der Waals surface area contributed by atoms with Gasteiger partial charge in [-0.15, -0.1) is 0 Å². The summed E-state index contributed by atoms with van der Waals surface area (Å²) in [6.45, 7) is 5.31. The number of fused-ring (bicyclic) bond motifs is 1. The van der Waals surface area contributed by atoms with Crippen LogP contribution in [0.4, 0.5) is 5.69 Å². The van der Waals surface area contributed by atoms with Gasteiger partial charge in [0.25, 0.3) is 0 Å². The van der Waals surface area contributed by atoms with Crippen molar-refractivity contribution in [3.8, 4) is 0 Å². The van der Waals surface area contributed by atoms with Crippen molar-refractivity contribution in [2.75, 3.05) is 5.32 Å². The largest absolute Gasteiger partial charge is 0.347 e. The van der Waals surface area contributed by atoms with Crippen molar-refractivity contribution in [3.63, 3.8) is 0 Å². The van der Waals surface area contributed by atoms with Crippen molar-refractivity contribution in [3.05, 3.63) is 30.5 Å². The molecule has 3 heteroatoms. The van der Waals surface area contributed by atoms with E-state index in [1.165, 1.54) is 23.7 Å². The molecule has 1 aliphatic carbocycles. The van der Waals surface area contributed by atoms with Gasteiger partial charge in [0, 0.05) is 34.7 Å². The van der Waals surface area contributed by atoms with Crippen LogP contribution in [0.3, 0.4) is 0 Å². The minimum absolute atomic E-state index is 0.173. The van der Waals surface area contributed by atoms with E-state index in [0.29, 0.717) is 0 Å². The second-order valence-corrected chi connectivity index (χ2v) is 6.50. The molecule has 0 aliphatic heterocycles. The maximum atomic E-state index is 12.5. The Labute approximate surface area is 126 Å². The van der Waals surface area contributed by atoms with Gasteiger partial charge in [0.15, 0.2) is 0 Å². The highest BCUT2D eigenvalue weighted by atomic mass is 16.2. The van der Waals surface area contributed by atoms with E-state index >= 15 is 0 Å². The first kappa shape index (κ1) is 14.2. The van der Waals surface area contributed by atoms with E-state index in [1.807, 2.05) is 6.07 Å². The lowest BCUT2D eigenvalue weighted by molar-refractivity contribution is -0.124. The second kappa shape index (κ2) is 5.55. The fourth-order valence-corrected chi connectivity index (χ4v) is 3.38. The monoisotopic (exact) mass is 284 g/mol. The van der Waals surface area contributed by atoms with Gasteiger partial charge in [-0.1, -0.05) is 26.7 Å². The number of hydrogen-bond acceptors (Lipinski definition) is 1. The van der Waals surface area contributed by atoms with Gasteiger partial charge in [-0.2, -0.15) is 0 Å². The Morgan fingerprint density at radius 3 is 2.76 bits per heavy atom. The average molecular weight is 284 g/mol. The van der Waals surface area contributed by atoms with Crippen LogP contribution in [0.25, 0.3) is 10.9 Å². The molecule has 0 spiro atoms. The lowest BCUT2D eigenvalue weighted by Gasteiger charge is -2.22. The minimum atomic E-state index is -0.177. The molecule has 21 heavy (non-hydrogen) atoms. The van der Waals surface area contributed by atoms with E-state index < -0.39 is 0 Å². The molecule has 112 valence electrons. The fourth-order valence-electron chi connectivity index (χ4n) is 3.38. The van der Waals surface area contributed by atoms with Crippen molar-refractivity contribution in [2.24, 2.45) is 5.41 Å². The van der Waals surface area contributed by atoms with Gasteiger partial charge in [-0.3, -0.25) is 4.79 Å². The zero-order valence-electron chi connectivity index (χ0n) is 13.0. The molecule has 1 fully saturated rings. The second-order valence-electron chi connectivity index (χ2n) is 6.50. The van der Waals surface area contributed by atoms with Crippen molar-refractivity contribution in [1.29, 1.82) is 0 Å². The first-order valence-corrected chi connectivity index (χ1v) is 8.03. The molecule has 0 radical (unpaired) electrons. The Morgan fingerprint density at radius 1 is 1.29 bits per heavy atom. The van der Waals surface area contributed by atoms with Crippen molar-refractivity contribution in [1.82, 2.24) is 4.57 Å². The molecule has 1 heterocycles. The molecule has 0 bridgehead atoms. The van der Waals surface area contributed by atoms with E-state index in [1.54, 1.807) is 0 Å². The molecule has 1 aliphatic rings. The summed E-state index contributed by atoms with van der Waals surface area (Å²) in [5.74, 6) is 0.173. The number of amides is 1. The number of anilines is 1. The Balaban J connectivity index is 1.80. The van der Waals surface area contributed by atoms with Crippen LogP contribution in [0.15, 0.2) is 30.5 Å². The smallest absolute Gasteiger partial charge is 0.230 e. The highest BCUT2D eigenvalue weighted by molar-refractivity contribution is 5.97. The van der Waals surface area contributed by atoms with Crippen LogP contribution in [-0.4, -0.2) is 10.5 Å². The van der Waals surface area contributed by atoms with Crippen molar-refractivity contribution in [2.45, 2.75) is 52.5 Å². The third-order valence-electron chi connectivity index (χ3n) is 4.75. The molecule has 1 amide bonds. The first-order valence-electron chi connectivity index (χ1n) is 8.03. The number of rotatable bonds is 4. The van der Waals surface area contributed by atoms with E-state index in [0.717, 1.165) is 31.5 Å². The van der Waals surface area contributed by atoms with Crippen LogP contribution in [0, 0.1) is 5.41 Å². The lowest BCUT2D eigenvalue weighted by Crippen LogP contribution is -2.30. The summed E-state index contributed by atoms with van der Waals surface area (Å²) in [5, 5.41) is 4.30. The standard InChI is InChI=1S/C18H24N2O/c1-3-11-20-12-8-14-13-15(6-7-16(14)20)19-17(21)18(2)9-4-5-10-18/h6-8,12-13H,3-5,9-11H2,1-2H3,(H,19,21). The summed E-state index contributed by atoms with van der Waals surface area (Å²) in [6, 6.07) is 8.33. The highest BCUT2D eigenvalue weighted by Gasteiger charge is 2.36. The Morgan fingerprint density at radius 2 is 2.05 bits per heavy atom. The van der Waals surface area contributed by atoms with Crippen LogP contribution in [0.1, 0.15) is 46.0 Å². The van der Waals surface area contributed by atoms with E-state index in [2.05, 4.69) is 48.1 Å². The van der Waals surface area contributed by atoms with Crippen LogP contribution in [0.5, 0.6) is 0 Å². The number of nitrogens with one attached hydrogen (secondary N) is 1. The minimum Gasteiger partial charge on any atom is -0.347 e. The molecule has 0 saturated heterocycles. The summed E-state index contributed by atoms with van der Waals surface area (Å²) < 4.78 is 2.26. The number of aryl methyl sites for hydroxylation is 1. The summed E-state index contributed by atoms with van der Waals surface area (Å²) in [4.78, 5) is 12.5. The third kappa shape index (κ3) is 2.69. The van der Waals surface area contributed by atoms with E-state index in [9.17, 15) is 4.79 Å². The molecule has 1 aromatic heterocycles. The number of benzene rings is 1. The summed E-state index contributed by atoms with van der Waals surface area (Å²) in [5.41, 5.74) is 1.97. The molecular weight excluding hydrogens is 260 g/mol. The van der Waals surface area contributed by atoms with E-state index in [4.69, 9.17) is 0 Å². The maximum absolute atomic E-state index is 12.5. The molecular formula is C18H24N2O. The molecule has 2 aromatic rings. The molecule has 0 unspecified atom stereocenters. The maximum Gasteiger partial charge on any atom is 0.230 e. The predicted molar refractivity (Wildman–Crippen MR) is 87.4 cm³/mol. The van der Waals surface area contributed by atoms with Gasteiger partial charge < -0.3 is 9.88 Å². The Hall–Kier alpha value is -1.77. The van der Waals surface area contributed by atoms with Crippen LogP contribution in [0.2, 0.25) is 0 Å². The van der Waals surface area contributed by atoms with Gasteiger partial charge in [-0.05, 0) is 43.5 Å². The number of nitrogens with zero attached hydrogens (tertiary/aromatic N) is 1. The highest BCUT2D eigenvalue weighted by Crippen LogP contribution is 2.38. The van der Waals surface area contributed by atoms with Gasteiger partial charge in [-0.25, -0.2) is 0 Å². The van der Waals surface area contributed by atoms with Gasteiger partial charge in [0.1, 0.15) is 0 Å². The lowest BCUT2D eigenvalue weighted by atomic mass is 9.88. The number of carbonyl (C=O) groups excluding carboxylic acids is 1. The van der Waals surface area contributed by atoms with Crippen molar-refractivity contribution >= 4 is 22.5 Å². The number of carbonyl (C=O) groups is 1. The van der Waals surface area contributed by atoms with Crippen LogP contribution >= 0.6 is 0 Å². The quantitative estimate of drug-likeness (QED) is 0.876. The predicted octanol–water partition coefficient (Wildman–Crippen LogP) is 4.57. The SMILES string of the molecule is CCCn1ccc2cc(NC(=O)C3(C)CCCC3)ccc21. The zero-order chi connectivity index (χ0) is 14.9. The topological polar surface area (TPSA) is 34.0 Å². The van der Waals surface area contributed by atoms with Gasteiger partial charge >= 0.3 is 0 Å². The molecule has 3 nitrogen and oxygen atoms in total. The van der Waals surface area contributed by atoms with E-state index in [-0.39, 0.29) is 11.3 Å². The summed E-state index contributed by atoms with van der Waals surface area (Å²) in [6.07, 6.45) is 7.60. The average Bonchev–Trinajstić information content (AvgIpc) is 3.07. The van der Waals surface area contributed by atoms with Gasteiger partial charge in [0.2, 0.25) is 5.91 Å². The zero-order valence-corrected chi connectivity index (χ0v) is 13.0. The summed E-state index contributed by atoms with van der Waals surface area (Å²) >= 11 is 0. The Bertz CT molecular complexity index is 650.